The Balaban J connectivity index is 1.01. The molecular weight excluding hydrogens is 584 g/mol. The number of rotatable bonds is 4. The van der Waals surface area contributed by atoms with E-state index in [0.717, 1.165) is 88.3 Å². The van der Waals surface area contributed by atoms with E-state index in [1.807, 2.05) is 60.7 Å². The number of anilines is 4. The number of hydrogen-bond acceptors (Lipinski definition) is 7. The van der Waals surface area contributed by atoms with E-state index in [9.17, 15) is 0 Å². The zero-order valence-corrected chi connectivity index (χ0v) is 25.5. The molecular formula is C40H30N4O3. The molecule has 3 heterocycles. The van der Waals surface area contributed by atoms with Crippen LogP contribution in [0.15, 0.2) is 155 Å². The minimum atomic E-state index is 0.472. The lowest BCUT2D eigenvalue weighted by Gasteiger charge is -2.35. The molecule has 228 valence electrons. The number of ether oxygens (including phenoxy) is 2. The summed E-state index contributed by atoms with van der Waals surface area (Å²) in [6, 6.07) is 32.6. The molecule has 2 aliphatic heterocycles. The number of hydrogen-bond donors (Lipinski definition) is 0. The number of allylic oxidation sites excluding steroid dienone is 8. The fraction of sp³-hybridized carbons (Fsp3) is 0.100. The maximum Gasteiger partial charge on any atom is 0.248 e. The van der Waals surface area contributed by atoms with Crippen molar-refractivity contribution in [2.45, 2.75) is 25.7 Å². The van der Waals surface area contributed by atoms with Gasteiger partial charge in [-0.1, -0.05) is 54.6 Å². The van der Waals surface area contributed by atoms with Crippen LogP contribution in [-0.2, 0) is 0 Å². The fourth-order valence-electron chi connectivity index (χ4n) is 6.55. The van der Waals surface area contributed by atoms with Gasteiger partial charge in [-0.05, 0) is 98.2 Å². The van der Waals surface area contributed by atoms with Gasteiger partial charge >= 0.3 is 0 Å². The van der Waals surface area contributed by atoms with E-state index in [-0.39, 0.29) is 0 Å². The van der Waals surface area contributed by atoms with Gasteiger partial charge in [0.15, 0.2) is 17.2 Å². The first kappa shape index (κ1) is 27.2. The Labute approximate surface area is 272 Å². The zero-order chi connectivity index (χ0) is 31.2. The molecule has 2 aliphatic carbocycles. The quantitative estimate of drug-likeness (QED) is 0.196. The van der Waals surface area contributed by atoms with Gasteiger partial charge in [0, 0.05) is 28.9 Å². The van der Waals surface area contributed by atoms with E-state index in [4.69, 9.17) is 13.9 Å². The van der Waals surface area contributed by atoms with Gasteiger partial charge in [0.2, 0.25) is 11.8 Å². The van der Waals surface area contributed by atoms with Crippen LogP contribution in [0.5, 0.6) is 17.2 Å². The highest BCUT2D eigenvalue weighted by molar-refractivity contribution is 5.86. The summed E-state index contributed by atoms with van der Waals surface area (Å²) in [6.45, 7) is 0. The first-order valence-corrected chi connectivity index (χ1v) is 15.9. The molecule has 1 aromatic heterocycles. The molecule has 47 heavy (non-hydrogen) atoms. The lowest BCUT2D eigenvalue weighted by molar-refractivity contribution is 0.423. The summed E-state index contributed by atoms with van der Waals surface area (Å²) in [6.07, 6.45) is 16.6. The molecule has 0 atom stereocenters. The highest BCUT2D eigenvalue weighted by Gasteiger charge is 2.29. The van der Waals surface area contributed by atoms with Crippen LogP contribution in [-0.4, -0.2) is 10.2 Å². The molecule has 0 amide bonds. The monoisotopic (exact) mass is 614 g/mol. The Kier molecular flexibility index (Phi) is 6.59. The Morgan fingerprint density at radius 2 is 1.26 bits per heavy atom. The predicted molar refractivity (Wildman–Crippen MR) is 184 cm³/mol. The van der Waals surface area contributed by atoms with Gasteiger partial charge in [-0.15, -0.1) is 10.2 Å². The van der Waals surface area contributed by atoms with Gasteiger partial charge in [0.25, 0.3) is 0 Å². The average Bonchev–Trinajstić information content (AvgIpc) is 3.32. The third-order valence-electron chi connectivity index (χ3n) is 8.78. The Morgan fingerprint density at radius 3 is 2.00 bits per heavy atom. The normalized spacial score (nSPS) is 16.4. The van der Waals surface area contributed by atoms with Crippen LogP contribution in [0, 0.1) is 0 Å². The van der Waals surface area contributed by atoms with Gasteiger partial charge in [0.1, 0.15) is 5.76 Å². The first-order chi connectivity index (χ1) is 23.3. The SMILES string of the molecule is C1=CC2=C(CCC1)N(C1=CC=C(c3nnc(-c4ccc(N5c6ccccc6Oc6ccccc65)cc4)o3)C=CC1)c1ccccc1O2. The minimum Gasteiger partial charge on any atom is -0.453 e. The second-order valence-corrected chi connectivity index (χ2v) is 11.7. The van der Waals surface area contributed by atoms with Gasteiger partial charge in [-0.3, -0.25) is 0 Å². The summed E-state index contributed by atoms with van der Waals surface area (Å²) in [5.74, 6) is 4.38. The first-order valence-electron chi connectivity index (χ1n) is 15.9. The molecule has 0 saturated carbocycles. The largest absolute Gasteiger partial charge is 0.453 e. The molecule has 0 spiro atoms. The Morgan fingerprint density at radius 1 is 0.596 bits per heavy atom. The summed E-state index contributed by atoms with van der Waals surface area (Å²) in [5, 5.41) is 8.86. The maximum absolute atomic E-state index is 6.33. The van der Waals surface area contributed by atoms with Crippen LogP contribution in [0.4, 0.5) is 22.7 Å². The predicted octanol–water partition coefficient (Wildman–Crippen LogP) is 10.4. The van der Waals surface area contributed by atoms with E-state index < -0.39 is 0 Å². The van der Waals surface area contributed by atoms with Crippen LogP contribution in [0.1, 0.15) is 31.6 Å². The van der Waals surface area contributed by atoms with Crippen LogP contribution in [0.3, 0.4) is 0 Å². The zero-order valence-electron chi connectivity index (χ0n) is 25.5. The second-order valence-electron chi connectivity index (χ2n) is 11.7. The average molecular weight is 615 g/mol. The summed E-state index contributed by atoms with van der Waals surface area (Å²) in [5.41, 5.74) is 8.12. The van der Waals surface area contributed by atoms with Crippen molar-refractivity contribution in [2.24, 2.45) is 0 Å². The highest BCUT2D eigenvalue weighted by Crippen LogP contribution is 2.50. The lowest BCUT2D eigenvalue weighted by atomic mass is 10.1. The van der Waals surface area contributed by atoms with Gasteiger partial charge in [-0.25, -0.2) is 0 Å². The van der Waals surface area contributed by atoms with Crippen molar-refractivity contribution in [1.29, 1.82) is 0 Å². The van der Waals surface area contributed by atoms with Crippen LogP contribution in [0.25, 0.3) is 17.0 Å². The van der Waals surface area contributed by atoms with Crippen LogP contribution in [0.2, 0.25) is 0 Å². The molecule has 7 heteroatoms. The molecule has 9 rings (SSSR count). The van der Waals surface area contributed by atoms with E-state index in [2.05, 4.69) is 92.9 Å². The smallest absolute Gasteiger partial charge is 0.248 e. The van der Waals surface area contributed by atoms with E-state index in [1.165, 1.54) is 5.70 Å². The lowest BCUT2D eigenvalue weighted by Crippen LogP contribution is -2.27. The van der Waals surface area contributed by atoms with Gasteiger partial charge in [-0.2, -0.15) is 0 Å². The standard InChI is InChI=1S/C40H30N4O3/c1-2-13-31-35(17-3-1)45-36-18-7-4-14-32(36)43(31)29-12-10-11-27(21-24-29)39-41-42-40(47-39)28-22-25-30(26-23-28)44-33-15-5-8-19-37(33)46-38-20-9-6-16-34(38)44/h3-11,14-26H,1-2,12-13H2. The molecule has 0 fully saturated rings. The van der Waals surface area contributed by atoms with Crippen molar-refractivity contribution >= 4 is 28.3 Å². The molecule has 4 aromatic carbocycles. The van der Waals surface area contributed by atoms with Crippen LogP contribution < -0.4 is 19.3 Å². The molecule has 4 aliphatic rings. The highest BCUT2D eigenvalue weighted by atomic mass is 16.5. The molecule has 0 saturated heterocycles. The van der Waals surface area contributed by atoms with Crippen LogP contribution >= 0.6 is 0 Å². The summed E-state index contributed by atoms with van der Waals surface area (Å²) >= 11 is 0. The second kappa shape index (κ2) is 11.4. The number of fused-ring (bicyclic) bond motifs is 3. The molecule has 7 nitrogen and oxygen atoms in total. The van der Waals surface area contributed by atoms with Gasteiger partial charge in [0.05, 0.1) is 22.8 Å². The number of para-hydroxylation sites is 6. The van der Waals surface area contributed by atoms with E-state index in [0.29, 0.717) is 11.8 Å². The molecule has 0 N–H and O–H groups in total. The van der Waals surface area contributed by atoms with Crippen molar-refractivity contribution in [3.8, 4) is 28.7 Å². The van der Waals surface area contributed by atoms with Crippen molar-refractivity contribution in [3.63, 3.8) is 0 Å². The number of aromatic nitrogens is 2. The topological polar surface area (TPSA) is 63.9 Å². The summed E-state index contributed by atoms with van der Waals surface area (Å²) < 4.78 is 18.7. The van der Waals surface area contributed by atoms with Gasteiger partial charge < -0.3 is 23.7 Å². The van der Waals surface area contributed by atoms with Crippen molar-refractivity contribution < 1.29 is 13.9 Å². The number of nitrogens with zero attached hydrogens (tertiary/aromatic N) is 4. The molecule has 0 bridgehead atoms. The summed E-state index contributed by atoms with van der Waals surface area (Å²) in [4.78, 5) is 4.57. The molecule has 5 aromatic rings. The summed E-state index contributed by atoms with van der Waals surface area (Å²) in [7, 11) is 0. The maximum atomic E-state index is 6.33. The molecule has 0 unspecified atom stereocenters. The van der Waals surface area contributed by atoms with Crippen molar-refractivity contribution in [3.05, 3.63) is 157 Å². The number of benzene rings is 4. The van der Waals surface area contributed by atoms with Crippen molar-refractivity contribution in [2.75, 3.05) is 9.80 Å². The van der Waals surface area contributed by atoms with E-state index >= 15 is 0 Å². The van der Waals surface area contributed by atoms with E-state index in [1.54, 1.807) is 0 Å². The fourth-order valence-corrected chi connectivity index (χ4v) is 6.55. The molecule has 0 radical (unpaired) electrons. The third kappa shape index (κ3) is 4.84. The van der Waals surface area contributed by atoms with Crippen molar-refractivity contribution in [1.82, 2.24) is 10.2 Å². The third-order valence-corrected chi connectivity index (χ3v) is 8.78. The Bertz CT molecular complexity index is 2120. The Hall–Kier alpha value is -6.08. The minimum absolute atomic E-state index is 0.472.